The highest BCUT2D eigenvalue weighted by Crippen LogP contribution is 2.33. The monoisotopic (exact) mass is 407 g/mol. The zero-order chi connectivity index (χ0) is 20.6. The van der Waals surface area contributed by atoms with Crippen molar-refractivity contribution in [1.82, 2.24) is 10.2 Å². The minimum Gasteiger partial charge on any atom is -0.324 e. The molecule has 146 valence electrons. The van der Waals surface area contributed by atoms with E-state index in [4.69, 9.17) is 11.6 Å². The van der Waals surface area contributed by atoms with Crippen LogP contribution < -0.4 is 10.6 Å². The van der Waals surface area contributed by atoms with Crippen molar-refractivity contribution in [2.45, 2.75) is 12.5 Å². The second-order valence-electron chi connectivity index (χ2n) is 7.03. The lowest BCUT2D eigenvalue weighted by molar-refractivity contribution is -0.133. The number of hydrogen-bond acceptors (Lipinski definition) is 3. The molecule has 1 fully saturated rings. The third-order valence-corrected chi connectivity index (χ3v) is 5.25. The van der Waals surface area contributed by atoms with Crippen LogP contribution in [0.4, 0.5) is 10.5 Å². The number of benzene rings is 3. The molecule has 1 aliphatic rings. The average Bonchev–Trinajstić information content (AvgIpc) is 2.91. The fourth-order valence-corrected chi connectivity index (χ4v) is 3.79. The molecule has 1 saturated heterocycles. The minimum absolute atomic E-state index is 0.391. The lowest BCUT2D eigenvalue weighted by atomic mass is 9.88. The summed E-state index contributed by atoms with van der Waals surface area (Å²) < 4.78 is 0. The minimum atomic E-state index is -1.26. The summed E-state index contributed by atoms with van der Waals surface area (Å²) in [6.07, 6.45) is 0. The molecule has 0 saturated carbocycles. The molecular weight excluding hydrogens is 390 g/mol. The SMILES string of the molecule is CC1(c2cccc3ccccc23)NC(=O)N(CC(=O)Nc2cccc(Cl)c2)C1=O. The van der Waals surface area contributed by atoms with E-state index in [2.05, 4.69) is 10.6 Å². The molecule has 4 rings (SSSR count). The number of fused-ring (bicyclic) bond motifs is 1. The lowest BCUT2D eigenvalue weighted by Crippen LogP contribution is -2.42. The number of carbonyl (C=O) groups is 3. The largest absolute Gasteiger partial charge is 0.325 e. The smallest absolute Gasteiger partial charge is 0.324 e. The van der Waals surface area contributed by atoms with Gasteiger partial charge in [-0.3, -0.25) is 14.5 Å². The number of rotatable bonds is 4. The third-order valence-electron chi connectivity index (χ3n) is 5.01. The fraction of sp³-hybridized carbons (Fsp3) is 0.136. The van der Waals surface area contributed by atoms with Gasteiger partial charge in [0, 0.05) is 10.7 Å². The highest BCUT2D eigenvalue weighted by atomic mass is 35.5. The number of urea groups is 1. The number of imide groups is 1. The molecule has 2 N–H and O–H groups in total. The molecule has 29 heavy (non-hydrogen) atoms. The Morgan fingerprint density at radius 2 is 1.79 bits per heavy atom. The molecule has 3 aromatic rings. The van der Waals surface area contributed by atoms with E-state index in [-0.39, 0.29) is 0 Å². The molecule has 0 radical (unpaired) electrons. The van der Waals surface area contributed by atoms with E-state index in [1.165, 1.54) is 0 Å². The summed E-state index contributed by atoms with van der Waals surface area (Å²) in [5, 5.41) is 7.71. The number of nitrogens with one attached hydrogen (secondary N) is 2. The molecule has 1 aliphatic heterocycles. The van der Waals surface area contributed by atoms with Gasteiger partial charge in [-0.1, -0.05) is 60.1 Å². The van der Waals surface area contributed by atoms with E-state index in [1.54, 1.807) is 31.2 Å². The van der Waals surface area contributed by atoms with Gasteiger partial charge < -0.3 is 10.6 Å². The Morgan fingerprint density at radius 1 is 1.07 bits per heavy atom. The number of hydrogen-bond donors (Lipinski definition) is 2. The predicted molar refractivity (Wildman–Crippen MR) is 112 cm³/mol. The van der Waals surface area contributed by atoms with Gasteiger partial charge in [-0.15, -0.1) is 0 Å². The fourth-order valence-electron chi connectivity index (χ4n) is 3.59. The van der Waals surface area contributed by atoms with Gasteiger partial charge in [-0.2, -0.15) is 0 Å². The van der Waals surface area contributed by atoms with E-state index in [0.29, 0.717) is 16.3 Å². The molecule has 0 spiro atoms. The van der Waals surface area contributed by atoms with Crippen molar-refractivity contribution in [3.8, 4) is 0 Å². The normalized spacial score (nSPS) is 18.8. The van der Waals surface area contributed by atoms with Crippen LogP contribution in [0.5, 0.6) is 0 Å². The summed E-state index contributed by atoms with van der Waals surface area (Å²) in [7, 11) is 0. The Morgan fingerprint density at radius 3 is 2.59 bits per heavy atom. The van der Waals surface area contributed by atoms with Gasteiger partial charge in [-0.25, -0.2) is 4.79 Å². The van der Waals surface area contributed by atoms with Gasteiger partial charge >= 0.3 is 6.03 Å². The maximum absolute atomic E-state index is 13.2. The molecule has 0 aromatic heterocycles. The molecule has 1 heterocycles. The van der Waals surface area contributed by atoms with E-state index < -0.39 is 29.9 Å². The molecule has 6 nitrogen and oxygen atoms in total. The van der Waals surface area contributed by atoms with Crippen molar-refractivity contribution in [2.24, 2.45) is 0 Å². The Kier molecular flexibility index (Phi) is 4.72. The highest BCUT2D eigenvalue weighted by Gasteiger charge is 2.50. The number of nitrogens with zero attached hydrogens (tertiary/aromatic N) is 1. The van der Waals surface area contributed by atoms with E-state index >= 15 is 0 Å². The second-order valence-corrected chi connectivity index (χ2v) is 7.47. The second kappa shape index (κ2) is 7.22. The first-order valence-electron chi connectivity index (χ1n) is 9.06. The molecule has 0 aliphatic carbocycles. The molecule has 1 atom stereocenters. The van der Waals surface area contributed by atoms with E-state index in [0.717, 1.165) is 15.7 Å². The van der Waals surface area contributed by atoms with Crippen LogP contribution in [-0.2, 0) is 15.1 Å². The van der Waals surface area contributed by atoms with Crippen molar-refractivity contribution < 1.29 is 14.4 Å². The van der Waals surface area contributed by atoms with Crippen LogP contribution in [0, 0.1) is 0 Å². The number of anilines is 1. The van der Waals surface area contributed by atoms with Gasteiger partial charge in [0.05, 0.1) is 0 Å². The standard InChI is InChI=1S/C22H18ClN3O3/c1-22(18-11-4-7-14-6-2-3-10-17(14)18)20(28)26(21(29)25-22)13-19(27)24-16-9-5-8-15(23)12-16/h2-12H,13H2,1H3,(H,24,27)(H,25,29). The molecule has 3 aromatic carbocycles. The zero-order valence-corrected chi connectivity index (χ0v) is 16.4. The topological polar surface area (TPSA) is 78.5 Å². The molecule has 0 bridgehead atoms. The first-order valence-corrected chi connectivity index (χ1v) is 9.44. The zero-order valence-electron chi connectivity index (χ0n) is 15.6. The number of halogens is 1. The quantitative estimate of drug-likeness (QED) is 0.644. The first kappa shape index (κ1) is 19.0. The van der Waals surface area contributed by atoms with Crippen LogP contribution in [-0.4, -0.2) is 29.3 Å². The van der Waals surface area contributed by atoms with Gasteiger partial charge in [0.15, 0.2) is 0 Å². The van der Waals surface area contributed by atoms with Crippen LogP contribution >= 0.6 is 11.6 Å². The molecular formula is C22H18ClN3O3. The Bertz CT molecular complexity index is 1140. The van der Waals surface area contributed by atoms with Crippen molar-refractivity contribution in [1.29, 1.82) is 0 Å². The van der Waals surface area contributed by atoms with Gasteiger partial charge in [-0.05, 0) is 41.5 Å². The van der Waals surface area contributed by atoms with Crippen molar-refractivity contribution in [2.75, 3.05) is 11.9 Å². The molecule has 7 heteroatoms. The maximum atomic E-state index is 13.2. The Labute approximate surface area is 172 Å². The summed E-state index contributed by atoms with van der Waals surface area (Å²) in [5.41, 5.74) is -0.0769. The Balaban J connectivity index is 1.59. The van der Waals surface area contributed by atoms with Crippen LogP contribution in [0.3, 0.4) is 0 Å². The van der Waals surface area contributed by atoms with Crippen LogP contribution in [0.1, 0.15) is 12.5 Å². The number of amides is 4. The van der Waals surface area contributed by atoms with Crippen molar-refractivity contribution >= 4 is 45.9 Å². The first-order chi connectivity index (χ1) is 13.9. The van der Waals surface area contributed by atoms with Crippen LogP contribution in [0.25, 0.3) is 10.8 Å². The van der Waals surface area contributed by atoms with Crippen molar-refractivity contribution in [3.05, 3.63) is 77.3 Å². The van der Waals surface area contributed by atoms with Gasteiger partial charge in [0.25, 0.3) is 5.91 Å². The van der Waals surface area contributed by atoms with E-state index in [1.807, 2.05) is 42.5 Å². The van der Waals surface area contributed by atoms with Gasteiger partial charge in [0.1, 0.15) is 12.1 Å². The Hall–Kier alpha value is -3.38. The summed E-state index contributed by atoms with van der Waals surface area (Å²) >= 11 is 5.92. The van der Waals surface area contributed by atoms with Crippen LogP contribution in [0.15, 0.2) is 66.7 Å². The lowest BCUT2D eigenvalue weighted by Gasteiger charge is -2.24. The van der Waals surface area contributed by atoms with Crippen molar-refractivity contribution in [3.63, 3.8) is 0 Å². The number of carbonyl (C=O) groups excluding carboxylic acids is 3. The molecule has 1 unspecified atom stereocenters. The predicted octanol–water partition coefficient (Wildman–Crippen LogP) is 3.90. The summed E-state index contributed by atoms with van der Waals surface area (Å²) in [6, 6.07) is 19.3. The van der Waals surface area contributed by atoms with Gasteiger partial charge in [0.2, 0.25) is 5.91 Å². The summed E-state index contributed by atoms with van der Waals surface area (Å²) in [5.74, 6) is -0.960. The average molecular weight is 408 g/mol. The highest BCUT2D eigenvalue weighted by molar-refractivity contribution is 6.30. The summed E-state index contributed by atoms with van der Waals surface area (Å²) in [6.45, 7) is 1.27. The molecule has 4 amide bonds. The van der Waals surface area contributed by atoms with E-state index in [9.17, 15) is 14.4 Å². The third kappa shape index (κ3) is 3.43. The maximum Gasteiger partial charge on any atom is 0.325 e. The summed E-state index contributed by atoms with van der Waals surface area (Å²) in [4.78, 5) is 39.0. The van der Waals surface area contributed by atoms with Crippen LogP contribution in [0.2, 0.25) is 5.02 Å².